The van der Waals surface area contributed by atoms with E-state index >= 15 is 0 Å². The number of hydrogen-bond acceptors (Lipinski definition) is 5. The van der Waals surface area contributed by atoms with Gasteiger partial charge in [0.25, 0.3) is 0 Å². The third kappa shape index (κ3) is 11.5. The van der Waals surface area contributed by atoms with E-state index in [1.54, 1.807) is 27.7 Å². The van der Waals surface area contributed by atoms with E-state index in [9.17, 15) is 18.0 Å². The molecule has 0 aliphatic carbocycles. The molecule has 0 radical (unpaired) electrons. The molecule has 0 aliphatic rings. The summed E-state index contributed by atoms with van der Waals surface area (Å²) >= 11 is 5.90. The van der Waals surface area contributed by atoms with Crippen LogP contribution in [0.15, 0.2) is 18.2 Å². The lowest BCUT2D eigenvalue weighted by Crippen LogP contribution is -2.37. The number of hydrogen-bond donors (Lipinski definition) is 1. The Hall–Kier alpha value is -1.71. The van der Waals surface area contributed by atoms with Crippen molar-refractivity contribution < 1.29 is 37.3 Å². The minimum absolute atomic E-state index is 0.107. The zero-order valence-corrected chi connectivity index (χ0v) is 18.3. The van der Waals surface area contributed by atoms with Crippen molar-refractivity contribution in [2.24, 2.45) is 0 Å². The lowest BCUT2D eigenvalue weighted by molar-refractivity contribution is -0.274. The summed E-state index contributed by atoms with van der Waals surface area (Å²) in [5.41, 5.74) is -0.164. The van der Waals surface area contributed by atoms with Gasteiger partial charge in [-0.3, -0.25) is 0 Å². The molecule has 0 heterocycles. The van der Waals surface area contributed by atoms with Gasteiger partial charge in [0.2, 0.25) is 0 Å². The predicted molar refractivity (Wildman–Crippen MR) is 107 cm³/mol. The second-order valence-electron chi connectivity index (χ2n) is 7.85. The van der Waals surface area contributed by atoms with E-state index in [0.29, 0.717) is 31.6 Å². The summed E-state index contributed by atoms with van der Waals surface area (Å²) in [6, 6.07) is 3.85. The van der Waals surface area contributed by atoms with Crippen LogP contribution < -0.4 is 4.74 Å². The highest BCUT2D eigenvalue weighted by molar-refractivity contribution is 6.32. The number of carbonyl (C=O) groups excluding carboxylic acids is 1. The molecule has 6 nitrogen and oxygen atoms in total. The van der Waals surface area contributed by atoms with Gasteiger partial charge >= 0.3 is 12.5 Å². The molecule has 0 spiro atoms. The molecule has 10 heteroatoms. The van der Waals surface area contributed by atoms with Crippen LogP contribution in [0.3, 0.4) is 0 Å². The third-order valence-electron chi connectivity index (χ3n) is 3.57. The number of amides is 1. The van der Waals surface area contributed by atoms with Crippen LogP contribution in [0.4, 0.5) is 18.0 Å². The molecule has 1 aromatic rings. The molecule has 1 amide bonds. The molecule has 0 fully saturated rings. The molecule has 0 saturated heterocycles. The molecule has 1 atom stereocenters. The maximum atomic E-state index is 12.5. The van der Waals surface area contributed by atoms with Gasteiger partial charge in [0.1, 0.15) is 11.4 Å². The maximum absolute atomic E-state index is 12.5. The van der Waals surface area contributed by atoms with Gasteiger partial charge in [-0.2, -0.15) is 0 Å². The molecule has 172 valence electrons. The summed E-state index contributed by atoms with van der Waals surface area (Å²) in [6.07, 6.45) is -4.66. The Bertz CT molecular complexity index is 677. The number of carbonyl (C=O) groups is 1. The highest BCUT2D eigenvalue weighted by Gasteiger charge is 2.32. The fraction of sp³-hybridized carbons (Fsp3) is 0.650. The normalized spacial score (nSPS) is 13.1. The van der Waals surface area contributed by atoms with Gasteiger partial charge < -0.3 is 24.2 Å². The molecule has 1 rings (SSSR count). The zero-order chi connectivity index (χ0) is 22.9. The maximum Gasteiger partial charge on any atom is 0.573 e. The number of aliphatic hydroxyl groups is 1. The van der Waals surface area contributed by atoms with Gasteiger partial charge in [-0.15, -0.1) is 13.2 Å². The molecule has 0 saturated carbocycles. The summed E-state index contributed by atoms with van der Waals surface area (Å²) in [6.45, 7) is 7.98. The van der Waals surface area contributed by atoms with Crippen LogP contribution in [0.5, 0.6) is 5.75 Å². The van der Waals surface area contributed by atoms with Gasteiger partial charge in [0.05, 0.1) is 17.7 Å². The van der Waals surface area contributed by atoms with Gasteiger partial charge in [-0.05, 0) is 58.2 Å². The fourth-order valence-corrected chi connectivity index (χ4v) is 2.63. The summed E-state index contributed by atoms with van der Waals surface area (Å²) in [5, 5.41) is 8.96. The van der Waals surface area contributed by atoms with Crippen LogP contribution in [-0.2, 0) is 16.0 Å². The van der Waals surface area contributed by atoms with Crippen molar-refractivity contribution in [2.45, 2.75) is 65.1 Å². The van der Waals surface area contributed by atoms with Crippen molar-refractivity contribution in [3.8, 4) is 5.75 Å². The van der Waals surface area contributed by atoms with Gasteiger partial charge in [0, 0.05) is 19.7 Å². The van der Waals surface area contributed by atoms with Crippen molar-refractivity contribution in [1.82, 2.24) is 4.90 Å². The van der Waals surface area contributed by atoms with Crippen LogP contribution in [-0.4, -0.2) is 53.9 Å². The molecule has 1 aromatic carbocycles. The van der Waals surface area contributed by atoms with E-state index in [4.69, 9.17) is 26.2 Å². The SMILES string of the molecule is CC(O)COCCCCN(Cc1ccc(OC(F)(F)F)c(Cl)c1)C(=O)OC(C)(C)C. The van der Waals surface area contributed by atoms with Crippen molar-refractivity contribution in [1.29, 1.82) is 0 Å². The van der Waals surface area contributed by atoms with Crippen molar-refractivity contribution in [3.05, 3.63) is 28.8 Å². The van der Waals surface area contributed by atoms with E-state index in [0.717, 1.165) is 6.07 Å². The first-order valence-electron chi connectivity index (χ1n) is 9.55. The van der Waals surface area contributed by atoms with E-state index in [1.807, 2.05) is 0 Å². The van der Waals surface area contributed by atoms with Crippen molar-refractivity contribution in [3.63, 3.8) is 0 Å². The lowest BCUT2D eigenvalue weighted by Gasteiger charge is -2.27. The first-order valence-corrected chi connectivity index (χ1v) is 9.92. The zero-order valence-electron chi connectivity index (χ0n) is 17.6. The van der Waals surface area contributed by atoms with Crippen LogP contribution in [0.1, 0.15) is 46.1 Å². The Balaban J connectivity index is 2.77. The molecule has 0 aliphatic heterocycles. The smallest absolute Gasteiger partial charge is 0.444 e. The van der Waals surface area contributed by atoms with E-state index in [1.165, 1.54) is 17.0 Å². The summed E-state index contributed by atoms with van der Waals surface area (Å²) in [4.78, 5) is 14.0. The quantitative estimate of drug-likeness (QED) is 0.494. The first kappa shape index (κ1) is 26.3. The van der Waals surface area contributed by atoms with Crippen molar-refractivity contribution >= 4 is 17.7 Å². The second kappa shape index (κ2) is 11.6. The minimum atomic E-state index is -4.84. The Morgan fingerprint density at radius 1 is 1.23 bits per heavy atom. The highest BCUT2D eigenvalue weighted by Crippen LogP contribution is 2.31. The molecule has 1 unspecified atom stereocenters. The Morgan fingerprint density at radius 3 is 2.43 bits per heavy atom. The number of rotatable bonds is 10. The largest absolute Gasteiger partial charge is 0.573 e. The summed E-state index contributed by atoms with van der Waals surface area (Å²) in [7, 11) is 0. The average molecular weight is 456 g/mol. The third-order valence-corrected chi connectivity index (χ3v) is 3.87. The number of unbranched alkanes of at least 4 members (excludes halogenated alkanes) is 1. The Morgan fingerprint density at radius 2 is 1.90 bits per heavy atom. The fourth-order valence-electron chi connectivity index (χ4n) is 2.39. The molecule has 0 bridgehead atoms. The number of benzene rings is 1. The van der Waals surface area contributed by atoms with Crippen LogP contribution in [0.2, 0.25) is 5.02 Å². The van der Waals surface area contributed by atoms with Crippen LogP contribution in [0.25, 0.3) is 0 Å². The Kier molecular flexibility index (Phi) is 10.2. The van der Waals surface area contributed by atoms with Gasteiger partial charge in [-0.1, -0.05) is 17.7 Å². The van der Waals surface area contributed by atoms with Crippen LogP contribution in [0, 0.1) is 0 Å². The number of nitrogens with zero attached hydrogens (tertiary/aromatic N) is 1. The number of halogens is 4. The van der Waals surface area contributed by atoms with Crippen molar-refractivity contribution in [2.75, 3.05) is 19.8 Å². The predicted octanol–water partition coefficient (Wildman–Crippen LogP) is 5.15. The standard InChI is InChI=1S/C20H29ClF3NO5/c1-14(26)13-28-10-6-5-9-25(18(27)30-19(2,3)4)12-15-7-8-17(16(21)11-15)29-20(22,23)24/h7-8,11,14,26H,5-6,9-10,12-13H2,1-4H3. The minimum Gasteiger partial charge on any atom is -0.444 e. The molecule has 0 aromatic heterocycles. The topological polar surface area (TPSA) is 68.2 Å². The first-order chi connectivity index (χ1) is 13.8. The summed E-state index contributed by atoms with van der Waals surface area (Å²) < 4.78 is 51.7. The summed E-state index contributed by atoms with van der Waals surface area (Å²) in [5.74, 6) is -0.507. The van der Waals surface area contributed by atoms with Gasteiger partial charge in [-0.25, -0.2) is 4.79 Å². The number of aliphatic hydroxyl groups excluding tert-OH is 1. The number of ether oxygens (including phenoxy) is 3. The van der Waals surface area contributed by atoms with Gasteiger partial charge in [0.15, 0.2) is 0 Å². The number of alkyl halides is 3. The highest BCUT2D eigenvalue weighted by atomic mass is 35.5. The molecule has 1 N–H and O–H groups in total. The second-order valence-corrected chi connectivity index (χ2v) is 8.25. The molecule has 30 heavy (non-hydrogen) atoms. The Labute approximate surface area is 179 Å². The molecular formula is C20H29ClF3NO5. The lowest BCUT2D eigenvalue weighted by atomic mass is 10.2. The van der Waals surface area contributed by atoms with E-state index < -0.39 is 29.9 Å². The monoisotopic (exact) mass is 455 g/mol. The average Bonchev–Trinajstić information content (AvgIpc) is 2.56. The molecular weight excluding hydrogens is 427 g/mol. The van der Waals surface area contributed by atoms with E-state index in [-0.39, 0.29) is 18.2 Å². The van der Waals surface area contributed by atoms with E-state index in [2.05, 4.69) is 4.74 Å². The van der Waals surface area contributed by atoms with Crippen LogP contribution >= 0.6 is 11.6 Å².